The third-order valence-corrected chi connectivity index (χ3v) is 2.89. The molecular formula is C11H19N5O. The molecule has 6 heteroatoms. The first kappa shape index (κ1) is 11.9. The predicted molar refractivity (Wildman–Crippen MR) is 65.0 cm³/mol. The van der Waals surface area contributed by atoms with Gasteiger partial charge in [0.25, 0.3) is 0 Å². The molecule has 2 heterocycles. The van der Waals surface area contributed by atoms with Crippen molar-refractivity contribution in [3.63, 3.8) is 0 Å². The Morgan fingerprint density at radius 2 is 2.41 bits per heavy atom. The number of nitrogens with two attached hydrogens (primary N) is 1. The van der Waals surface area contributed by atoms with Crippen molar-refractivity contribution in [2.24, 2.45) is 0 Å². The average molecular weight is 237 g/mol. The lowest BCUT2D eigenvalue weighted by Crippen LogP contribution is -2.53. The minimum atomic E-state index is -0.332. The fourth-order valence-electron chi connectivity index (χ4n) is 2.17. The number of hydrogen-bond acceptors (Lipinski definition) is 4. The van der Waals surface area contributed by atoms with E-state index < -0.39 is 0 Å². The van der Waals surface area contributed by atoms with Gasteiger partial charge in [0, 0.05) is 18.5 Å². The van der Waals surface area contributed by atoms with Crippen molar-refractivity contribution >= 4 is 11.7 Å². The smallest absolute Gasteiger partial charge is 0.224 e. The van der Waals surface area contributed by atoms with Crippen LogP contribution in [-0.4, -0.2) is 21.7 Å². The molecule has 1 aromatic heterocycles. The highest BCUT2D eigenvalue weighted by atomic mass is 16.2. The number of anilines is 1. The second-order valence-electron chi connectivity index (χ2n) is 4.48. The van der Waals surface area contributed by atoms with Crippen LogP contribution in [0.1, 0.15) is 38.2 Å². The molecule has 0 saturated carbocycles. The van der Waals surface area contributed by atoms with E-state index in [0.717, 1.165) is 18.5 Å². The van der Waals surface area contributed by atoms with Crippen molar-refractivity contribution in [1.29, 1.82) is 0 Å². The molecule has 6 nitrogen and oxygen atoms in total. The van der Waals surface area contributed by atoms with Gasteiger partial charge in [-0.2, -0.15) is 5.10 Å². The standard InChI is InChI=1S/C11H19N5O/c1-3-4-8-6-10(17)14-11(13-8)16-9(12)5-7(2)15-16/h5,8,11,13H,3-4,6,12H2,1-2H3,(H,14,17). The number of aromatic nitrogens is 2. The summed E-state index contributed by atoms with van der Waals surface area (Å²) in [6.45, 7) is 3.98. The molecule has 0 radical (unpaired) electrons. The van der Waals surface area contributed by atoms with Gasteiger partial charge in [-0.05, 0) is 13.3 Å². The van der Waals surface area contributed by atoms with Crippen molar-refractivity contribution in [2.45, 2.75) is 45.4 Å². The van der Waals surface area contributed by atoms with Crippen molar-refractivity contribution in [2.75, 3.05) is 5.73 Å². The van der Waals surface area contributed by atoms with E-state index in [1.807, 2.05) is 6.92 Å². The molecule has 4 N–H and O–H groups in total. The van der Waals surface area contributed by atoms with E-state index in [9.17, 15) is 4.79 Å². The molecule has 2 atom stereocenters. The first-order valence-corrected chi connectivity index (χ1v) is 5.97. The van der Waals surface area contributed by atoms with Crippen LogP contribution in [0.2, 0.25) is 0 Å². The molecule has 2 unspecified atom stereocenters. The van der Waals surface area contributed by atoms with Gasteiger partial charge in [0.1, 0.15) is 5.82 Å². The van der Waals surface area contributed by atoms with Crippen LogP contribution in [0.3, 0.4) is 0 Å². The molecule has 0 spiro atoms. The third kappa shape index (κ3) is 2.58. The molecule has 1 aliphatic heterocycles. The molecule has 94 valence electrons. The van der Waals surface area contributed by atoms with Crippen molar-refractivity contribution in [3.05, 3.63) is 11.8 Å². The number of nitrogen functional groups attached to an aromatic ring is 1. The van der Waals surface area contributed by atoms with Gasteiger partial charge in [0.2, 0.25) is 5.91 Å². The largest absolute Gasteiger partial charge is 0.384 e. The Kier molecular flexibility index (Phi) is 3.33. The van der Waals surface area contributed by atoms with Gasteiger partial charge in [0.15, 0.2) is 6.29 Å². The van der Waals surface area contributed by atoms with Gasteiger partial charge in [-0.15, -0.1) is 0 Å². The van der Waals surface area contributed by atoms with E-state index in [1.54, 1.807) is 10.7 Å². The number of nitrogens with zero attached hydrogens (tertiary/aromatic N) is 2. The molecule has 1 amide bonds. The number of rotatable bonds is 3. The Balaban J connectivity index is 2.15. The maximum atomic E-state index is 11.6. The zero-order valence-electron chi connectivity index (χ0n) is 10.2. The van der Waals surface area contributed by atoms with Crippen LogP contribution in [-0.2, 0) is 4.79 Å². The van der Waals surface area contributed by atoms with Crippen LogP contribution in [0.5, 0.6) is 0 Å². The predicted octanol–water partition coefficient (Wildman–Crippen LogP) is 0.508. The van der Waals surface area contributed by atoms with Crippen molar-refractivity contribution < 1.29 is 4.79 Å². The van der Waals surface area contributed by atoms with Gasteiger partial charge in [-0.3, -0.25) is 10.1 Å². The van der Waals surface area contributed by atoms with Crippen LogP contribution >= 0.6 is 0 Å². The Morgan fingerprint density at radius 3 is 3.00 bits per heavy atom. The van der Waals surface area contributed by atoms with E-state index in [0.29, 0.717) is 12.2 Å². The number of hydrogen-bond donors (Lipinski definition) is 3. The van der Waals surface area contributed by atoms with Gasteiger partial charge in [0.05, 0.1) is 5.69 Å². The molecule has 17 heavy (non-hydrogen) atoms. The Bertz CT molecular complexity index is 414. The Morgan fingerprint density at radius 1 is 1.65 bits per heavy atom. The second kappa shape index (κ2) is 4.75. The van der Waals surface area contributed by atoms with Gasteiger partial charge in [-0.25, -0.2) is 4.68 Å². The van der Waals surface area contributed by atoms with Gasteiger partial charge in [-0.1, -0.05) is 13.3 Å². The van der Waals surface area contributed by atoms with Crippen molar-refractivity contribution in [1.82, 2.24) is 20.4 Å². The summed E-state index contributed by atoms with van der Waals surface area (Å²) in [5, 5.41) is 10.5. The summed E-state index contributed by atoms with van der Waals surface area (Å²) in [6.07, 6.45) is 2.21. The fourth-order valence-corrected chi connectivity index (χ4v) is 2.17. The normalized spacial score (nSPS) is 24.7. The van der Waals surface area contributed by atoms with Crippen molar-refractivity contribution in [3.8, 4) is 0 Å². The lowest BCUT2D eigenvalue weighted by atomic mass is 10.1. The molecule has 1 aromatic rings. The number of nitrogens with one attached hydrogen (secondary N) is 2. The van der Waals surface area contributed by atoms with E-state index in [4.69, 9.17) is 5.73 Å². The maximum absolute atomic E-state index is 11.6. The summed E-state index contributed by atoms with van der Waals surface area (Å²) < 4.78 is 1.62. The zero-order chi connectivity index (χ0) is 12.4. The van der Waals surface area contributed by atoms with Crippen LogP contribution in [0, 0.1) is 6.92 Å². The number of aryl methyl sites for hydroxylation is 1. The molecule has 1 saturated heterocycles. The molecule has 2 rings (SSSR count). The average Bonchev–Trinajstić information content (AvgIpc) is 2.57. The van der Waals surface area contributed by atoms with E-state index in [1.165, 1.54) is 0 Å². The topological polar surface area (TPSA) is 85.0 Å². The zero-order valence-corrected chi connectivity index (χ0v) is 10.2. The monoisotopic (exact) mass is 237 g/mol. The third-order valence-electron chi connectivity index (χ3n) is 2.89. The molecule has 1 aliphatic rings. The highest BCUT2D eigenvalue weighted by Crippen LogP contribution is 2.16. The Labute approximate surface area is 101 Å². The van der Waals surface area contributed by atoms with E-state index in [2.05, 4.69) is 22.7 Å². The highest BCUT2D eigenvalue weighted by molar-refractivity contribution is 5.77. The minimum absolute atomic E-state index is 0.0414. The molecule has 0 aromatic carbocycles. The number of carbonyl (C=O) groups excluding carboxylic acids is 1. The first-order chi connectivity index (χ1) is 8.10. The van der Waals surface area contributed by atoms with Crippen LogP contribution in [0.25, 0.3) is 0 Å². The molecule has 0 bridgehead atoms. The van der Waals surface area contributed by atoms with E-state index in [-0.39, 0.29) is 18.2 Å². The number of carbonyl (C=O) groups is 1. The minimum Gasteiger partial charge on any atom is -0.384 e. The molecule has 1 fully saturated rings. The van der Waals surface area contributed by atoms with Gasteiger partial charge < -0.3 is 11.1 Å². The van der Waals surface area contributed by atoms with Crippen LogP contribution in [0.15, 0.2) is 6.07 Å². The summed E-state index contributed by atoms with van der Waals surface area (Å²) in [6, 6.07) is 1.99. The maximum Gasteiger partial charge on any atom is 0.224 e. The summed E-state index contributed by atoms with van der Waals surface area (Å²) in [5.74, 6) is 0.595. The van der Waals surface area contributed by atoms with E-state index >= 15 is 0 Å². The number of amides is 1. The lowest BCUT2D eigenvalue weighted by molar-refractivity contribution is -0.125. The fraction of sp³-hybridized carbons (Fsp3) is 0.636. The summed E-state index contributed by atoms with van der Waals surface area (Å²) in [4.78, 5) is 11.6. The van der Waals surface area contributed by atoms with Crippen LogP contribution in [0.4, 0.5) is 5.82 Å². The lowest BCUT2D eigenvalue weighted by Gasteiger charge is -2.31. The summed E-state index contributed by atoms with van der Waals surface area (Å²) >= 11 is 0. The highest BCUT2D eigenvalue weighted by Gasteiger charge is 2.27. The SMILES string of the molecule is CCCC1CC(=O)NC(n2nc(C)cc2N)N1. The quantitative estimate of drug-likeness (QED) is 0.715. The molecule has 0 aliphatic carbocycles. The van der Waals surface area contributed by atoms with Crippen LogP contribution < -0.4 is 16.4 Å². The summed E-state index contributed by atoms with van der Waals surface area (Å²) in [5.41, 5.74) is 6.69. The molecular weight excluding hydrogens is 218 g/mol. The second-order valence-corrected chi connectivity index (χ2v) is 4.48. The Hall–Kier alpha value is -1.56. The summed E-state index contributed by atoms with van der Waals surface area (Å²) in [7, 11) is 0. The van der Waals surface area contributed by atoms with Gasteiger partial charge >= 0.3 is 0 Å². The first-order valence-electron chi connectivity index (χ1n) is 5.97.